The second-order valence-corrected chi connectivity index (χ2v) is 5.41. The van der Waals surface area contributed by atoms with Crippen LogP contribution in [0.25, 0.3) is 0 Å². The molecule has 1 saturated heterocycles. The zero-order valence-corrected chi connectivity index (χ0v) is 10.8. The van der Waals surface area contributed by atoms with Gasteiger partial charge in [0.25, 0.3) is 0 Å². The number of thiazole rings is 1. The molecule has 0 amide bonds. The lowest BCUT2D eigenvalue weighted by molar-refractivity contribution is 0.117. The highest BCUT2D eigenvalue weighted by molar-refractivity contribution is 7.09. The van der Waals surface area contributed by atoms with Crippen molar-refractivity contribution in [3.8, 4) is 0 Å². The van der Waals surface area contributed by atoms with Gasteiger partial charge in [0, 0.05) is 30.0 Å². The van der Waals surface area contributed by atoms with Gasteiger partial charge in [0.15, 0.2) is 0 Å². The van der Waals surface area contributed by atoms with Crippen LogP contribution in [0.15, 0.2) is 11.6 Å². The van der Waals surface area contributed by atoms with Gasteiger partial charge in [-0.2, -0.15) is 0 Å². The second kappa shape index (κ2) is 5.75. The van der Waals surface area contributed by atoms with Crippen molar-refractivity contribution >= 4 is 11.3 Å². The number of hydrogen-bond donors (Lipinski definition) is 1. The lowest BCUT2D eigenvalue weighted by Crippen LogP contribution is -2.38. The lowest BCUT2D eigenvalue weighted by atomic mass is 9.94. The topological polar surface area (TPSA) is 34.2 Å². The summed E-state index contributed by atoms with van der Waals surface area (Å²) in [5.41, 5.74) is 0. The van der Waals surface area contributed by atoms with Crippen molar-refractivity contribution in [3.63, 3.8) is 0 Å². The first-order valence-electron chi connectivity index (χ1n) is 6.03. The Hall–Kier alpha value is -0.450. The quantitative estimate of drug-likeness (QED) is 0.855. The molecular weight excluding hydrogens is 220 g/mol. The van der Waals surface area contributed by atoms with E-state index in [2.05, 4.69) is 24.1 Å². The Labute approximate surface area is 101 Å². The molecule has 3 unspecified atom stereocenters. The summed E-state index contributed by atoms with van der Waals surface area (Å²) in [6.45, 7) is 6.23. The van der Waals surface area contributed by atoms with E-state index in [0.717, 1.165) is 19.6 Å². The zero-order chi connectivity index (χ0) is 11.4. The van der Waals surface area contributed by atoms with Crippen LogP contribution in [0.1, 0.15) is 25.3 Å². The Morgan fingerprint density at radius 1 is 1.69 bits per heavy atom. The highest BCUT2D eigenvalue weighted by Gasteiger charge is 2.29. The van der Waals surface area contributed by atoms with Crippen LogP contribution in [0.5, 0.6) is 0 Å². The highest BCUT2D eigenvalue weighted by atomic mass is 32.1. The number of ether oxygens (including phenoxy) is 1. The molecule has 1 aromatic heterocycles. The lowest BCUT2D eigenvalue weighted by Gasteiger charge is -2.22. The summed E-state index contributed by atoms with van der Waals surface area (Å²) in [6.07, 6.45) is 4.51. The van der Waals surface area contributed by atoms with Crippen molar-refractivity contribution in [1.82, 2.24) is 10.3 Å². The molecule has 4 heteroatoms. The zero-order valence-electron chi connectivity index (χ0n) is 9.98. The normalized spacial score (nSPS) is 27.1. The van der Waals surface area contributed by atoms with Gasteiger partial charge in [0.2, 0.25) is 0 Å². The smallest absolute Gasteiger partial charge is 0.0940 e. The minimum Gasteiger partial charge on any atom is -0.378 e. The van der Waals surface area contributed by atoms with Crippen molar-refractivity contribution in [2.45, 2.75) is 38.8 Å². The van der Waals surface area contributed by atoms with E-state index in [1.54, 1.807) is 11.3 Å². The molecule has 1 aliphatic rings. The molecule has 1 aromatic rings. The Balaban J connectivity index is 1.94. The Kier molecular flexibility index (Phi) is 4.32. The van der Waals surface area contributed by atoms with Gasteiger partial charge in [-0.3, -0.25) is 0 Å². The molecule has 1 fully saturated rings. The number of likely N-dealkylation sites (N-methyl/N-ethyl adjacent to an activating group) is 1. The van der Waals surface area contributed by atoms with Crippen LogP contribution in [0, 0.1) is 5.92 Å². The van der Waals surface area contributed by atoms with Gasteiger partial charge >= 0.3 is 0 Å². The van der Waals surface area contributed by atoms with Gasteiger partial charge in [-0.1, -0.05) is 6.92 Å². The molecule has 0 aromatic carbocycles. The number of nitrogens with zero attached hydrogens (tertiary/aromatic N) is 1. The second-order valence-electron chi connectivity index (χ2n) is 4.43. The third-order valence-corrected chi connectivity index (χ3v) is 3.94. The van der Waals surface area contributed by atoms with Crippen LogP contribution in [-0.4, -0.2) is 30.3 Å². The minimum absolute atomic E-state index is 0.419. The molecule has 0 spiro atoms. The maximum Gasteiger partial charge on any atom is 0.0940 e. The largest absolute Gasteiger partial charge is 0.378 e. The van der Waals surface area contributed by atoms with Crippen LogP contribution in [0.3, 0.4) is 0 Å². The molecule has 0 bridgehead atoms. The first kappa shape index (κ1) is 12.0. The van der Waals surface area contributed by atoms with Crippen molar-refractivity contribution in [2.24, 2.45) is 5.92 Å². The summed E-state index contributed by atoms with van der Waals surface area (Å²) >= 11 is 1.74. The third kappa shape index (κ3) is 3.03. The van der Waals surface area contributed by atoms with Gasteiger partial charge in [0.05, 0.1) is 17.7 Å². The first-order valence-corrected chi connectivity index (χ1v) is 6.91. The monoisotopic (exact) mass is 240 g/mol. The SMILES string of the molecule is CCNC(Cc1nccs1)C1COC(C)C1. The number of rotatable bonds is 5. The standard InChI is InChI=1S/C12H20N2OS/c1-3-13-11(7-12-14-4-5-16-12)10-6-9(2)15-8-10/h4-5,9-11,13H,3,6-8H2,1-2H3. The van der Waals surface area contributed by atoms with Crippen LogP contribution in [0.4, 0.5) is 0 Å². The summed E-state index contributed by atoms with van der Waals surface area (Å²) in [4.78, 5) is 4.37. The van der Waals surface area contributed by atoms with Gasteiger partial charge in [-0.15, -0.1) is 11.3 Å². The predicted octanol–water partition coefficient (Wildman–Crippen LogP) is 2.09. The van der Waals surface area contributed by atoms with Crippen molar-refractivity contribution in [2.75, 3.05) is 13.2 Å². The van der Waals surface area contributed by atoms with E-state index in [1.165, 1.54) is 11.4 Å². The van der Waals surface area contributed by atoms with Crippen molar-refractivity contribution in [1.29, 1.82) is 0 Å². The van der Waals surface area contributed by atoms with Gasteiger partial charge in [0.1, 0.15) is 0 Å². The van der Waals surface area contributed by atoms with E-state index in [9.17, 15) is 0 Å². The first-order chi connectivity index (χ1) is 7.79. The molecule has 90 valence electrons. The average molecular weight is 240 g/mol. The maximum atomic E-state index is 5.65. The predicted molar refractivity (Wildman–Crippen MR) is 66.8 cm³/mol. The molecule has 1 N–H and O–H groups in total. The maximum absolute atomic E-state index is 5.65. The molecule has 3 atom stereocenters. The van der Waals surface area contributed by atoms with Crippen LogP contribution in [0.2, 0.25) is 0 Å². The van der Waals surface area contributed by atoms with Gasteiger partial charge < -0.3 is 10.1 Å². The molecule has 0 radical (unpaired) electrons. The fourth-order valence-electron chi connectivity index (χ4n) is 2.34. The summed E-state index contributed by atoms with van der Waals surface area (Å²) in [6, 6.07) is 0.515. The van der Waals surface area contributed by atoms with E-state index < -0.39 is 0 Å². The Bertz CT molecular complexity index is 302. The number of nitrogens with one attached hydrogen (secondary N) is 1. The number of hydrogen-bond acceptors (Lipinski definition) is 4. The Morgan fingerprint density at radius 2 is 2.56 bits per heavy atom. The average Bonchev–Trinajstić information content (AvgIpc) is 2.88. The van der Waals surface area contributed by atoms with Crippen molar-refractivity contribution in [3.05, 3.63) is 16.6 Å². The molecule has 2 rings (SSSR count). The fraction of sp³-hybridized carbons (Fsp3) is 0.750. The molecule has 0 aliphatic carbocycles. The summed E-state index contributed by atoms with van der Waals surface area (Å²) in [5, 5.41) is 6.85. The molecular formula is C12H20N2OS. The molecule has 16 heavy (non-hydrogen) atoms. The summed E-state index contributed by atoms with van der Waals surface area (Å²) in [7, 11) is 0. The fourth-order valence-corrected chi connectivity index (χ4v) is 3.02. The number of aromatic nitrogens is 1. The Morgan fingerprint density at radius 3 is 3.12 bits per heavy atom. The van der Waals surface area contributed by atoms with Crippen LogP contribution < -0.4 is 5.32 Å². The minimum atomic E-state index is 0.419. The third-order valence-electron chi connectivity index (χ3n) is 3.14. The molecule has 2 heterocycles. The van der Waals surface area contributed by atoms with Gasteiger partial charge in [-0.05, 0) is 19.9 Å². The van der Waals surface area contributed by atoms with E-state index in [4.69, 9.17) is 4.74 Å². The summed E-state index contributed by atoms with van der Waals surface area (Å²) < 4.78 is 5.65. The van der Waals surface area contributed by atoms with E-state index in [0.29, 0.717) is 18.1 Å². The van der Waals surface area contributed by atoms with E-state index in [-0.39, 0.29) is 0 Å². The summed E-state index contributed by atoms with van der Waals surface area (Å²) in [5.74, 6) is 0.638. The highest BCUT2D eigenvalue weighted by Crippen LogP contribution is 2.24. The van der Waals surface area contributed by atoms with E-state index in [1.807, 2.05) is 11.6 Å². The molecule has 1 aliphatic heterocycles. The van der Waals surface area contributed by atoms with Gasteiger partial charge in [-0.25, -0.2) is 4.98 Å². The van der Waals surface area contributed by atoms with E-state index >= 15 is 0 Å². The van der Waals surface area contributed by atoms with Crippen LogP contribution in [-0.2, 0) is 11.2 Å². The van der Waals surface area contributed by atoms with Crippen LogP contribution >= 0.6 is 11.3 Å². The molecule has 0 saturated carbocycles. The molecule has 3 nitrogen and oxygen atoms in total. The van der Waals surface area contributed by atoms with Crippen molar-refractivity contribution < 1.29 is 4.74 Å².